The summed E-state index contributed by atoms with van der Waals surface area (Å²) in [5.41, 5.74) is 11.1. The molecule has 0 rings (SSSR count). The van der Waals surface area contributed by atoms with E-state index in [0.717, 1.165) is 25.7 Å². The highest BCUT2D eigenvalue weighted by Crippen LogP contribution is 2.08. The highest BCUT2D eigenvalue weighted by Gasteiger charge is 2.17. The first-order valence-corrected chi connectivity index (χ1v) is 5.12. The molecule has 0 amide bonds. The molecule has 1 unspecified atom stereocenters. The minimum absolute atomic E-state index is 0.105. The minimum atomic E-state index is -0.276. The molecule has 0 saturated carbocycles. The Morgan fingerprint density at radius 1 is 1.38 bits per heavy atom. The summed E-state index contributed by atoms with van der Waals surface area (Å²) < 4.78 is 0. The van der Waals surface area contributed by atoms with E-state index in [1.54, 1.807) is 0 Å². The van der Waals surface area contributed by atoms with Gasteiger partial charge in [0.05, 0.1) is 6.04 Å². The van der Waals surface area contributed by atoms with Crippen molar-refractivity contribution in [2.24, 2.45) is 17.4 Å². The molecule has 0 aliphatic carbocycles. The van der Waals surface area contributed by atoms with Crippen LogP contribution in [0.15, 0.2) is 0 Å². The van der Waals surface area contributed by atoms with Gasteiger partial charge in [-0.05, 0) is 25.8 Å². The highest BCUT2D eigenvalue weighted by atomic mass is 16.1. The second-order valence-corrected chi connectivity index (χ2v) is 3.60. The number of carbonyl (C=O) groups excluding carboxylic acids is 1. The van der Waals surface area contributed by atoms with Crippen LogP contribution in [0.2, 0.25) is 0 Å². The van der Waals surface area contributed by atoms with Crippen molar-refractivity contribution in [1.82, 2.24) is 0 Å². The number of hydrogen-bond donors (Lipinski definition) is 2. The zero-order valence-electron chi connectivity index (χ0n) is 8.75. The van der Waals surface area contributed by atoms with Crippen molar-refractivity contribution in [1.29, 1.82) is 0 Å². The van der Waals surface area contributed by atoms with Gasteiger partial charge in [-0.25, -0.2) is 0 Å². The third-order valence-corrected chi connectivity index (χ3v) is 2.43. The van der Waals surface area contributed by atoms with E-state index in [-0.39, 0.29) is 17.7 Å². The molecule has 4 N–H and O–H groups in total. The topological polar surface area (TPSA) is 69.1 Å². The van der Waals surface area contributed by atoms with Crippen LogP contribution in [-0.4, -0.2) is 18.4 Å². The van der Waals surface area contributed by atoms with Crippen molar-refractivity contribution in [2.45, 2.75) is 45.6 Å². The molecule has 0 spiro atoms. The second-order valence-electron chi connectivity index (χ2n) is 3.60. The molecule has 3 nitrogen and oxygen atoms in total. The van der Waals surface area contributed by atoms with Crippen LogP contribution in [0, 0.1) is 5.92 Å². The number of unbranched alkanes of at least 4 members (excludes halogenated alkanes) is 1. The average Bonchev–Trinajstić information content (AvgIpc) is 2.15. The molecule has 13 heavy (non-hydrogen) atoms. The van der Waals surface area contributed by atoms with Crippen molar-refractivity contribution in [3.05, 3.63) is 0 Å². The fourth-order valence-electron chi connectivity index (χ4n) is 1.22. The van der Waals surface area contributed by atoms with Crippen molar-refractivity contribution in [3.63, 3.8) is 0 Å². The minimum Gasteiger partial charge on any atom is -0.330 e. The number of carbonyl (C=O) groups is 1. The molecule has 0 saturated heterocycles. The first-order valence-electron chi connectivity index (χ1n) is 5.12. The number of rotatable bonds is 7. The molecule has 0 aliphatic heterocycles. The standard InChI is InChI=1S/C10H22N2O/c1-3-8(2)10(13)9(12)6-4-5-7-11/h8-9H,3-7,11-12H2,1-2H3/t8?,9-/m0/s1. The van der Waals surface area contributed by atoms with Gasteiger partial charge in [-0.1, -0.05) is 20.3 Å². The summed E-state index contributed by atoms with van der Waals surface area (Å²) in [4.78, 5) is 11.5. The summed E-state index contributed by atoms with van der Waals surface area (Å²) in [7, 11) is 0. The molecule has 0 heterocycles. The van der Waals surface area contributed by atoms with Gasteiger partial charge in [0.25, 0.3) is 0 Å². The molecule has 0 radical (unpaired) electrons. The predicted molar refractivity (Wildman–Crippen MR) is 55.3 cm³/mol. The van der Waals surface area contributed by atoms with Gasteiger partial charge in [0, 0.05) is 5.92 Å². The maximum Gasteiger partial charge on any atom is 0.152 e. The Morgan fingerprint density at radius 2 is 2.00 bits per heavy atom. The lowest BCUT2D eigenvalue weighted by Crippen LogP contribution is -2.34. The zero-order valence-corrected chi connectivity index (χ0v) is 8.75. The summed E-state index contributed by atoms with van der Waals surface area (Å²) in [6, 6.07) is -0.276. The zero-order chi connectivity index (χ0) is 10.3. The van der Waals surface area contributed by atoms with Crippen LogP contribution >= 0.6 is 0 Å². The third kappa shape index (κ3) is 5.01. The third-order valence-electron chi connectivity index (χ3n) is 2.43. The molecule has 2 atom stereocenters. The van der Waals surface area contributed by atoms with E-state index in [1.807, 2.05) is 13.8 Å². The van der Waals surface area contributed by atoms with Crippen LogP contribution in [0.1, 0.15) is 39.5 Å². The van der Waals surface area contributed by atoms with E-state index in [4.69, 9.17) is 11.5 Å². The Labute approximate surface area is 80.9 Å². The van der Waals surface area contributed by atoms with Crippen LogP contribution < -0.4 is 11.5 Å². The van der Waals surface area contributed by atoms with Crippen LogP contribution in [0.5, 0.6) is 0 Å². The van der Waals surface area contributed by atoms with Crippen LogP contribution in [0.3, 0.4) is 0 Å². The van der Waals surface area contributed by atoms with Crippen molar-refractivity contribution in [3.8, 4) is 0 Å². The average molecular weight is 186 g/mol. The van der Waals surface area contributed by atoms with E-state index in [1.165, 1.54) is 0 Å². The Bertz CT molecular complexity index is 148. The number of ketones is 1. The summed E-state index contributed by atoms with van der Waals surface area (Å²) in [6.07, 6.45) is 3.57. The summed E-state index contributed by atoms with van der Waals surface area (Å²) in [5.74, 6) is 0.299. The lowest BCUT2D eigenvalue weighted by Gasteiger charge is -2.14. The molecular weight excluding hydrogens is 164 g/mol. The predicted octanol–water partition coefficient (Wildman–Crippen LogP) is 1.06. The monoisotopic (exact) mass is 186 g/mol. The number of hydrogen-bond acceptors (Lipinski definition) is 3. The van der Waals surface area contributed by atoms with E-state index < -0.39 is 0 Å². The Balaban J connectivity index is 3.69. The number of Topliss-reactive ketones (excluding diaryl/α,β-unsaturated/α-hetero) is 1. The molecular formula is C10H22N2O. The smallest absolute Gasteiger partial charge is 0.152 e. The summed E-state index contributed by atoms with van der Waals surface area (Å²) >= 11 is 0. The van der Waals surface area contributed by atoms with Crippen molar-refractivity contribution in [2.75, 3.05) is 6.54 Å². The summed E-state index contributed by atoms with van der Waals surface area (Å²) in [5, 5.41) is 0. The lowest BCUT2D eigenvalue weighted by atomic mass is 9.95. The molecule has 0 aromatic carbocycles. The van der Waals surface area contributed by atoms with E-state index in [2.05, 4.69) is 0 Å². The fourth-order valence-corrected chi connectivity index (χ4v) is 1.22. The van der Waals surface area contributed by atoms with Gasteiger partial charge >= 0.3 is 0 Å². The Morgan fingerprint density at radius 3 is 2.46 bits per heavy atom. The van der Waals surface area contributed by atoms with Gasteiger partial charge in [-0.2, -0.15) is 0 Å². The normalized spacial score (nSPS) is 15.4. The van der Waals surface area contributed by atoms with Crippen LogP contribution in [-0.2, 0) is 4.79 Å². The lowest BCUT2D eigenvalue weighted by molar-refractivity contribution is -0.123. The molecule has 78 valence electrons. The second kappa shape index (κ2) is 7.04. The van der Waals surface area contributed by atoms with Crippen molar-refractivity contribution >= 4 is 5.78 Å². The van der Waals surface area contributed by atoms with Gasteiger partial charge in [-0.15, -0.1) is 0 Å². The van der Waals surface area contributed by atoms with Gasteiger partial charge < -0.3 is 11.5 Å². The van der Waals surface area contributed by atoms with Gasteiger partial charge in [-0.3, -0.25) is 4.79 Å². The first-order chi connectivity index (χ1) is 6.13. The van der Waals surface area contributed by atoms with E-state index >= 15 is 0 Å². The van der Waals surface area contributed by atoms with Gasteiger partial charge in [0.2, 0.25) is 0 Å². The Kier molecular flexibility index (Phi) is 6.82. The molecule has 0 aromatic heterocycles. The van der Waals surface area contributed by atoms with Crippen LogP contribution in [0.4, 0.5) is 0 Å². The van der Waals surface area contributed by atoms with Crippen molar-refractivity contribution < 1.29 is 4.79 Å². The van der Waals surface area contributed by atoms with E-state index in [9.17, 15) is 4.79 Å². The molecule has 0 bridgehead atoms. The van der Waals surface area contributed by atoms with E-state index in [0.29, 0.717) is 6.54 Å². The summed E-state index contributed by atoms with van der Waals surface area (Å²) in [6.45, 7) is 4.63. The molecule has 0 aliphatic rings. The molecule has 3 heteroatoms. The maximum atomic E-state index is 11.5. The first kappa shape index (κ1) is 12.6. The fraction of sp³-hybridized carbons (Fsp3) is 0.900. The highest BCUT2D eigenvalue weighted by molar-refractivity contribution is 5.85. The maximum absolute atomic E-state index is 11.5. The number of nitrogens with two attached hydrogens (primary N) is 2. The SMILES string of the molecule is CCC(C)C(=O)[C@@H](N)CCCCN. The largest absolute Gasteiger partial charge is 0.330 e. The quantitative estimate of drug-likeness (QED) is 0.584. The molecule has 0 fully saturated rings. The van der Waals surface area contributed by atoms with Crippen LogP contribution in [0.25, 0.3) is 0 Å². The van der Waals surface area contributed by atoms with Gasteiger partial charge in [0.1, 0.15) is 0 Å². The molecule has 0 aromatic rings. The van der Waals surface area contributed by atoms with Gasteiger partial charge in [0.15, 0.2) is 5.78 Å². The Hall–Kier alpha value is -0.410.